The molecule has 21 heteroatoms. The van der Waals surface area contributed by atoms with Gasteiger partial charge in [-0.15, -0.1) is 0 Å². The monoisotopic (exact) mass is 1590 g/mol. The molecule has 0 spiro atoms. The molecule has 660 valence electrons. The zero-order valence-electron chi connectivity index (χ0n) is 76.9. The number of carbonyl (C=O) groups is 7. The molecule has 112 heavy (non-hydrogen) atoms. The van der Waals surface area contributed by atoms with Crippen molar-refractivity contribution in [1.29, 1.82) is 0 Å². The van der Waals surface area contributed by atoms with Crippen LogP contribution in [0.4, 0.5) is 28.8 Å². The van der Waals surface area contributed by atoms with Crippen molar-refractivity contribution >= 4 is 42.5 Å². The lowest BCUT2D eigenvalue weighted by Crippen LogP contribution is -2.82. The molecule has 6 atom stereocenters. The predicted octanol–water partition coefficient (Wildman–Crippen LogP) is 24.5. The molecule has 0 aliphatic rings. The van der Waals surface area contributed by atoms with Crippen LogP contribution >= 0.6 is 0 Å². The molecular weight excluding hydrogens is 1410 g/mol. The highest BCUT2D eigenvalue weighted by atomic mass is 16.6. The van der Waals surface area contributed by atoms with E-state index >= 15 is 9.59 Å². The summed E-state index contributed by atoms with van der Waals surface area (Å²) in [6, 6.07) is -1.14. The fraction of sp³-hybridized carbons (Fsp3) is 0.923. The highest BCUT2D eigenvalue weighted by Crippen LogP contribution is 2.45. The van der Waals surface area contributed by atoms with Gasteiger partial charge in [-0.3, -0.25) is 15.0 Å². The minimum atomic E-state index is -1.96. The number of unbranched alkanes of at least 4 members (excludes halogenated alkanes) is 35. The lowest BCUT2D eigenvalue weighted by molar-refractivity contribution is -0.121. The highest BCUT2D eigenvalue weighted by Gasteiger charge is 2.63. The summed E-state index contributed by atoms with van der Waals surface area (Å²) in [4.78, 5) is 105. The fourth-order valence-corrected chi connectivity index (χ4v) is 15.4. The van der Waals surface area contributed by atoms with E-state index in [0.717, 1.165) is 25.8 Å². The summed E-state index contributed by atoms with van der Waals surface area (Å²) in [6.07, 6.45) is 43.2. The number of nitrogens with one attached hydrogen (secondary N) is 6. The van der Waals surface area contributed by atoms with Crippen LogP contribution in [0.1, 0.15) is 455 Å². The summed E-state index contributed by atoms with van der Waals surface area (Å²) in [7, 11) is 0. The van der Waals surface area contributed by atoms with Crippen LogP contribution < -0.4 is 37.6 Å². The van der Waals surface area contributed by atoms with Crippen LogP contribution in [0.15, 0.2) is 0 Å². The number of carbonyl (C=O) groups excluding carboxylic acids is 7. The maximum absolute atomic E-state index is 16.2. The summed E-state index contributed by atoms with van der Waals surface area (Å²) < 4.78 is 36.9. The molecule has 0 aromatic heterocycles. The average Bonchev–Trinajstić information content (AvgIpc) is 0.725. The Morgan fingerprint density at radius 3 is 0.964 bits per heavy atom. The Balaban J connectivity index is 6.66. The molecular formula is C91H178N8O13. The summed E-state index contributed by atoms with van der Waals surface area (Å²) >= 11 is 0. The Morgan fingerprint density at radius 1 is 0.330 bits per heavy atom. The summed E-state index contributed by atoms with van der Waals surface area (Å²) in [6.45, 7) is 43.2. The normalized spacial score (nSPS) is 15.0. The lowest BCUT2D eigenvalue weighted by atomic mass is 9.61. The second kappa shape index (κ2) is 55.6. The van der Waals surface area contributed by atoms with Gasteiger partial charge in [0, 0.05) is 25.4 Å². The van der Waals surface area contributed by atoms with Gasteiger partial charge < -0.3 is 60.7 Å². The number of nitrogens with zero attached hydrogens (tertiary/aromatic N) is 1. The van der Waals surface area contributed by atoms with E-state index in [4.69, 9.17) is 34.2 Å². The fourth-order valence-electron chi connectivity index (χ4n) is 15.4. The second-order valence-electron chi connectivity index (χ2n) is 38.9. The minimum Gasteiger partial charge on any atom is -0.444 e. The quantitative estimate of drug-likeness (QED) is 0.0169. The van der Waals surface area contributed by atoms with Gasteiger partial charge in [0.1, 0.15) is 39.3 Å². The molecule has 0 fully saturated rings. The van der Waals surface area contributed by atoms with Gasteiger partial charge in [-0.05, 0) is 196 Å². The van der Waals surface area contributed by atoms with Crippen LogP contribution in [0.2, 0.25) is 0 Å². The molecule has 0 aliphatic carbocycles. The van der Waals surface area contributed by atoms with Gasteiger partial charge in [0.05, 0.1) is 22.7 Å². The third-order valence-electron chi connectivity index (χ3n) is 21.2. The Hall–Kier alpha value is -4.95. The molecule has 0 aliphatic heterocycles. The van der Waals surface area contributed by atoms with E-state index in [0.29, 0.717) is 51.5 Å². The number of hydrogen-bond acceptors (Lipinski definition) is 14. The summed E-state index contributed by atoms with van der Waals surface area (Å²) in [5.41, 5.74) is -7.74. The first kappa shape index (κ1) is 107. The smallest absolute Gasteiger partial charge is 0.412 e. The van der Waals surface area contributed by atoms with Gasteiger partial charge >= 0.3 is 36.6 Å². The van der Waals surface area contributed by atoms with Gasteiger partial charge in [0.25, 0.3) is 0 Å². The molecule has 7 amide bonds. The highest BCUT2D eigenvalue weighted by molar-refractivity contribution is 5.77. The van der Waals surface area contributed by atoms with E-state index < -0.39 is 104 Å². The van der Waals surface area contributed by atoms with Gasteiger partial charge in [-0.2, -0.15) is 0 Å². The number of ether oxygens (including phenoxy) is 6. The van der Waals surface area contributed by atoms with E-state index in [9.17, 15) is 24.0 Å². The van der Waals surface area contributed by atoms with Crippen molar-refractivity contribution in [3.63, 3.8) is 0 Å². The number of alkyl carbamates (subject to hydrolysis) is 5. The average molecular weight is 1590 g/mol. The van der Waals surface area contributed by atoms with E-state index in [1.54, 1.807) is 138 Å². The zero-order valence-corrected chi connectivity index (χ0v) is 76.9. The Kier molecular flexibility index (Phi) is 53.2. The van der Waals surface area contributed by atoms with Crippen molar-refractivity contribution < 1.29 is 62.0 Å². The zero-order chi connectivity index (χ0) is 85.2. The number of amides is 7. The van der Waals surface area contributed by atoms with Gasteiger partial charge in [0.15, 0.2) is 0 Å². The first-order valence-electron chi connectivity index (χ1n) is 45.2. The van der Waals surface area contributed by atoms with E-state index in [-0.39, 0.29) is 44.6 Å². The second-order valence-corrected chi connectivity index (χ2v) is 38.9. The third kappa shape index (κ3) is 49.2. The van der Waals surface area contributed by atoms with Crippen LogP contribution in [0.5, 0.6) is 0 Å². The van der Waals surface area contributed by atoms with Gasteiger partial charge in [-0.25, -0.2) is 28.8 Å². The predicted molar refractivity (Wildman–Crippen MR) is 462 cm³/mol. The maximum Gasteiger partial charge on any atom is 0.412 e. The number of nitrogens with two attached hydrogens (primary N) is 1. The largest absolute Gasteiger partial charge is 0.444 e. The maximum atomic E-state index is 16.2. The van der Waals surface area contributed by atoms with E-state index in [1.807, 2.05) is 27.7 Å². The van der Waals surface area contributed by atoms with Crippen LogP contribution in [-0.2, 0) is 33.2 Å². The van der Waals surface area contributed by atoms with Crippen LogP contribution in [-0.4, -0.2) is 129 Å². The van der Waals surface area contributed by atoms with Crippen LogP contribution in [0.25, 0.3) is 0 Å². The Labute approximate surface area is 686 Å². The molecule has 0 aromatic carbocycles. The first-order valence-corrected chi connectivity index (χ1v) is 45.2. The Bertz CT molecular complexity index is 2550. The SMILES string of the molecule is CCCC(NC(=O)OC(C)(C)C)C(NC(=O)OC(C)(C)C)(C(CCCCCCNC(=O)CCCCCCCCCCCCCCCCCCCCCCCCCCCCCCCCCCCN)CN(C(=O)OC(C)(C)C)C(CCC)(NC(=O)OC(C)(C)C)C(C)(CC)NC(=O)OC(C)(C)C)C(C)(CC)NC(=O)OC(C)(C)C. The van der Waals surface area contributed by atoms with E-state index in [2.05, 4.69) is 31.9 Å². The molecule has 0 radical (unpaired) electrons. The molecule has 21 nitrogen and oxygen atoms in total. The Morgan fingerprint density at radius 2 is 0.634 bits per heavy atom. The molecule has 0 saturated heterocycles. The van der Waals surface area contributed by atoms with Crippen molar-refractivity contribution in [2.45, 2.75) is 517 Å². The van der Waals surface area contributed by atoms with Crippen molar-refractivity contribution in [2.75, 3.05) is 19.6 Å². The van der Waals surface area contributed by atoms with Crippen molar-refractivity contribution in [3.8, 4) is 0 Å². The van der Waals surface area contributed by atoms with Crippen molar-refractivity contribution in [1.82, 2.24) is 36.8 Å². The number of rotatable bonds is 60. The number of hydrogen-bond donors (Lipinski definition) is 7. The standard InChI is InChI=1S/C91H178N8O13/c1-25-66-74(94-76(101)107-82(5,6)7)91(98-80(105)111-86(17,18)19,89(24,28-4)96-78(103)109-84(11,12)13)73(72-99(81(106)112-87(20,21)22)90(69-26-2,97-79(104)110-85(14,15)16)88(23,27-3)95-77(102)108-83(8,9)10)67-62-59-61-65-71-93-75(100)68-63-58-56-54-52-50-48-46-44-42-40-38-36-34-32-30-29-31-33-35-37-39-41-43-45-47-49-51-53-55-57-60-64-70-92/h73-74H,25-72,92H2,1-24H3,(H,93,100)(H,94,101)(H,95,102)(H,96,103)(H,97,104)(H,98,105). The lowest BCUT2D eigenvalue weighted by Gasteiger charge is -2.59. The van der Waals surface area contributed by atoms with Crippen LogP contribution in [0.3, 0.4) is 0 Å². The topological polar surface area (TPSA) is 276 Å². The van der Waals surface area contributed by atoms with Crippen molar-refractivity contribution in [3.05, 3.63) is 0 Å². The molecule has 0 saturated carbocycles. The molecule has 0 rings (SSSR count). The molecule has 8 N–H and O–H groups in total. The molecule has 0 heterocycles. The third-order valence-corrected chi connectivity index (χ3v) is 21.2. The first-order chi connectivity index (χ1) is 52.2. The summed E-state index contributed by atoms with van der Waals surface area (Å²) in [5, 5.41) is 19.3. The van der Waals surface area contributed by atoms with E-state index in [1.165, 1.54) is 198 Å². The summed E-state index contributed by atoms with van der Waals surface area (Å²) in [5.74, 6) is -1.03. The van der Waals surface area contributed by atoms with Gasteiger partial charge in [-0.1, -0.05) is 259 Å². The molecule has 0 bridgehead atoms. The van der Waals surface area contributed by atoms with Crippen LogP contribution in [0, 0.1) is 5.92 Å². The van der Waals surface area contributed by atoms with Crippen molar-refractivity contribution in [2.24, 2.45) is 11.7 Å². The minimum absolute atomic E-state index is 0.00867. The van der Waals surface area contributed by atoms with Gasteiger partial charge in [0.2, 0.25) is 5.91 Å². The molecule has 6 unspecified atom stereocenters. The molecule has 0 aromatic rings.